The molecule has 0 unspecified atom stereocenters. The van der Waals surface area contributed by atoms with Crippen molar-refractivity contribution in [3.63, 3.8) is 0 Å². The van der Waals surface area contributed by atoms with Gasteiger partial charge in [0.15, 0.2) is 0 Å². The lowest BCUT2D eigenvalue weighted by molar-refractivity contribution is 0.174. The zero-order valence-corrected chi connectivity index (χ0v) is 6.79. The Morgan fingerprint density at radius 1 is 1.27 bits per heavy atom. The molecule has 2 fully saturated rings. The lowest BCUT2D eigenvalue weighted by atomic mass is 9.92. The van der Waals surface area contributed by atoms with Crippen LogP contribution in [0.4, 0.5) is 0 Å². The molecule has 2 aliphatic heterocycles. The number of fused-ring (bicyclic) bond motifs is 1. The molecular weight excluding hydrogens is 136 g/mol. The van der Waals surface area contributed by atoms with E-state index in [1.807, 2.05) is 0 Å². The van der Waals surface area contributed by atoms with Crippen molar-refractivity contribution in [2.24, 2.45) is 5.92 Å². The maximum Gasteiger partial charge on any atom is 0.0656 e. The van der Waals surface area contributed by atoms with Crippen LogP contribution in [0.3, 0.4) is 0 Å². The normalized spacial score (nSPS) is 38.1. The molecule has 0 aromatic rings. The molecule has 0 radical (unpaired) electrons. The third-order valence-corrected chi connectivity index (χ3v) is 3.00. The van der Waals surface area contributed by atoms with Gasteiger partial charge in [0.2, 0.25) is 0 Å². The summed E-state index contributed by atoms with van der Waals surface area (Å²) in [6.45, 7) is 2.45. The van der Waals surface area contributed by atoms with E-state index >= 15 is 0 Å². The van der Waals surface area contributed by atoms with Gasteiger partial charge < -0.3 is 4.90 Å². The summed E-state index contributed by atoms with van der Waals surface area (Å²) >= 11 is 0. The largest absolute Gasteiger partial charge is 0.300 e. The zero-order valence-electron chi connectivity index (χ0n) is 6.79. The number of piperidine rings is 1. The third kappa shape index (κ3) is 1.25. The van der Waals surface area contributed by atoms with Gasteiger partial charge in [0.1, 0.15) is 0 Å². The Morgan fingerprint density at radius 2 is 2.18 bits per heavy atom. The molecule has 0 bridgehead atoms. The first kappa shape index (κ1) is 7.12. The first-order valence-electron chi connectivity index (χ1n) is 4.54. The smallest absolute Gasteiger partial charge is 0.0656 e. The molecule has 0 amide bonds. The summed E-state index contributed by atoms with van der Waals surface area (Å²) in [5, 5.41) is 8.74. The highest BCUT2D eigenvalue weighted by molar-refractivity contribution is 4.94. The second kappa shape index (κ2) is 2.83. The first-order chi connectivity index (χ1) is 5.40. The first-order valence-corrected chi connectivity index (χ1v) is 4.54. The van der Waals surface area contributed by atoms with E-state index in [1.165, 1.54) is 25.9 Å². The van der Waals surface area contributed by atoms with E-state index < -0.39 is 0 Å². The Morgan fingerprint density at radius 3 is 3.00 bits per heavy atom. The van der Waals surface area contributed by atoms with Crippen LogP contribution in [0, 0.1) is 17.2 Å². The van der Waals surface area contributed by atoms with Crippen LogP contribution < -0.4 is 0 Å². The minimum atomic E-state index is 0.356. The van der Waals surface area contributed by atoms with Crippen molar-refractivity contribution in [2.75, 3.05) is 13.1 Å². The van der Waals surface area contributed by atoms with Crippen LogP contribution in [0.2, 0.25) is 0 Å². The van der Waals surface area contributed by atoms with E-state index in [9.17, 15) is 0 Å². The average Bonchev–Trinajstić information content (AvgIpc) is 2.50. The number of rotatable bonds is 0. The maximum atomic E-state index is 8.74. The average molecular weight is 150 g/mol. The molecule has 2 atom stereocenters. The van der Waals surface area contributed by atoms with Gasteiger partial charge in [0.05, 0.1) is 6.07 Å². The number of hydrogen-bond acceptors (Lipinski definition) is 2. The van der Waals surface area contributed by atoms with Crippen LogP contribution in [-0.4, -0.2) is 24.0 Å². The molecule has 2 saturated heterocycles. The molecule has 0 spiro atoms. The molecule has 0 N–H and O–H groups in total. The second-order valence-corrected chi connectivity index (χ2v) is 3.68. The molecule has 0 aliphatic carbocycles. The standard InChI is InChI=1S/C9H14N2/c10-7-8-3-5-11-4-1-2-9(11)6-8/h8-9H,1-6H2/t8-,9+/m1/s1. The summed E-state index contributed by atoms with van der Waals surface area (Å²) in [5.41, 5.74) is 0. The highest BCUT2D eigenvalue weighted by atomic mass is 15.2. The van der Waals surface area contributed by atoms with Gasteiger partial charge >= 0.3 is 0 Å². The molecule has 2 heteroatoms. The number of nitrogens with zero attached hydrogens (tertiary/aromatic N) is 2. The molecule has 0 saturated carbocycles. The number of nitriles is 1. The van der Waals surface area contributed by atoms with Crippen molar-refractivity contribution in [3.05, 3.63) is 0 Å². The SMILES string of the molecule is N#C[C@@H]1CCN2CCC[C@H]2C1. The topological polar surface area (TPSA) is 27.0 Å². The highest BCUT2D eigenvalue weighted by Crippen LogP contribution is 2.29. The lowest BCUT2D eigenvalue weighted by Gasteiger charge is -2.31. The Labute approximate surface area is 67.8 Å². The van der Waals surface area contributed by atoms with E-state index in [0.29, 0.717) is 5.92 Å². The van der Waals surface area contributed by atoms with Crippen LogP contribution in [0.1, 0.15) is 25.7 Å². The Kier molecular flexibility index (Phi) is 1.83. The molecule has 0 aromatic heterocycles. The van der Waals surface area contributed by atoms with E-state index in [-0.39, 0.29) is 0 Å². The van der Waals surface area contributed by atoms with Crippen molar-refractivity contribution in [3.8, 4) is 6.07 Å². The van der Waals surface area contributed by atoms with Crippen molar-refractivity contribution in [2.45, 2.75) is 31.7 Å². The molecule has 60 valence electrons. The highest BCUT2D eigenvalue weighted by Gasteiger charge is 2.31. The third-order valence-electron chi connectivity index (χ3n) is 3.00. The van der Waals surface area contributed by atoms with Crippen LogP contribution in [0.5, 0.6) is 0 Å². The van der Waals surface area contributed by atoms with Crippen LogP contribution in [-0.2, 0) is 0 Å². The van der Waals surface area contributed by atoms with Gasteiger partial charge in [-0.3, -0.25) is 0 Å². The predicted molar refractivity (Wildman–Crippen MR) is 42.9 cm³/mol. The molecule has 2 aliphatic rings. The minimum Gasteiger partial charge on any atom is -0.300 e. The van der Waals surface area contributed by atoms with Gasteiger partial charge in [-0.15, -0.1) is 0 Å². The summed E-state index contributed by atoms with van der Waals surface area (Å²) in [6.07, 6.45) is 4.92. The maximum absolute atomic E-state index is 8.74. The van der Waals surface area contributed by atoms with E-state index in [1.54, 1.807) is 0 Å². The van der Waals surface area contributed by atoms with Crippen molar-refractivity contribution in [1.29, 1.82) is 5.26 Å². The van der Waals surface area contributed by atoms with Crippen LogP contribution >= 0.6 is 0 Å². The van der Waals surface area contributed by atoms with Gasteiger partial charge in [0, 0.05) is 12.0 Å². The Balaban J connectivity index is 1.97. The van der Waals surface area contributed by atoms with E-state index in [2.05, 4.69) is 11.0 Å². The van der Waals surface area contributed by atoms with Crippen LogP contribution in [0.15, 0.2) is 0 Å². The number of hydrogen-bond donors (Lipinski definition) is 0. The summed E-state index contributed by atoms with van der Waals surface area (Å²) in [7, 11) is 0. The van der Waals surface area contributed by atoms with E-state index in [4.69, 9.17) is 5.26 Å². The summed E-state index contributed by atoms with van der Waals surface area (Å²) in [5.74, 6) is 0.356. The quantitative estimate of drug-likeness (QED) is 0.521. The van der Waals surface area contributed by atoms with Gasteiger partial charge in [0.25, 0.3) is 0 Å². The fourth-order valence-corrected chi connectivity index (χ4v) is 2.34. The molecule has 2 heterocycles. The van der Waals surface area contributed by atoms with Gasteiger partial charge in [-0.05, 0) is 38.8 Å². The van der Waals surface area contributed by atoms with Gasteiger partial charge in [-0.2, -0.15) is 5.26 Å². The fourth-order valence-electron chi connectivity index (χ4n) is 2.34. The monoisotopic (exact) mass is 150 g/mol. The Bertz CT molecular complexity index is 182. The van der Waals surface area contributed by atoms with Crippen molar-refractivity contribution in [1.82, 2.24) is 4.90 Å². The lowest BCUT2D eigenvalue weighted by Crippen LogP contribution is -2.37. The minimum absolute atomic E-state index is 0.356. The van der Waals surface area contributed by atoms with Gasteiger partial charge in [-0.25, -0.2) is 0 Å². The Hall–Kier alpha value is -0.550. The molecule has 11 heavy (non-hydrogen) atoms. The molecule has 2 rings (SSSR count). The summed E-state index contributed by atoms with van der Waals surface area (Å²) in [4.78, 5) is 2.55. The summed E-state index contributed by atoms with van der Waals surface area (Å²) in [6, 6.07) is 3.15. The van der Waals surface area contributed by atoms with Gasteiger partial charge in [-0.1, -0.05) is 0 Å². The van der Waals surface area contributed by atoms with Crippen molar-refractivity contribution < 1.29 is 0 Å². The summed E-state index contributed by atoms with van der Waals surface area (Å²) < 4.78 is 0. The molecule has 0 aromatic carbocycles. The van der Waals surface area contributed by atoms with E-state index in [0.717, 1.165) is 18.9 Å². The fraction of sp³-hybridized carbons (Fsp3) is 0.889. The predicted octanol–water partition coefficient (Wildman–Crippen LogP) is 1.38. The second-order valence-electron chi connectivity index (χ2n) is 3.68. The molecule has 2 nitrogen and oxygen atoms in total. The zero-order chi connectivity index (χ0) is 7.68. The molecular formula is C9H14N2. The van der Waals surface area contributed by atoms with Crippen molar-refractivity contribution >= 4 is 0 Å². The van der Waals surface area contributed by atoms with Crippen LogP contribution in [0.25, 0.3) is 0 Å².